The average Bonchev–Trinajstić information content (AvgIpc) is 3.08. The predicted molar refractivity (Wildman–Crippen MR) is 124 cm³/mol. The van der Waals surface area contributed by atoms with E-state index in [9.17, 15) is 0 Å². The Labute approximate surface area is 174 Å². The molecule has 0 radical (unpaired) electrons. The van der Waals surface area contributed by atoms with Gasteiger partial charge in [-0.2, -0.15) is 0 Å². The first-order valence-electron chi connectivity index (χ1n) is 9.70. The van der Waals surface area contributed by atoms with Gasteiger partial charge in [-0.15, -0.1) is 0 Å². The highest BCUT2D eigenvalue weighted by Gasteiger charge is 2.16. The molecule has 0 unspecified atom stereocenters. The van der Waals surface area contributed by atoms with Crippen molar-refractivity contribution in [3.8, 4) is 16.8 Å². The Morgan fingerprint density at radius 2 is 1.67 bits per heavy atom. The fourth-order valence-electron chi connectivity index (χ4n) is 4.16. The molecule has 4 N–H and O–H groups in total. The summed E-state index contributed by atoms with van der Waals surface area (Å²) in [4.78, 5) is 8.37. The minimum Gasteiger partial charge on any atom is -0.399 e. The van der Waals surface area contributed by atoms with Crippen LogP contribution >= 0.6 is 0 Å². The van der Waals surface area contributed by atoms with E-state index in [2.05, 4.69) is 82.6 Å². The van der Waals surface area contributed by atoms with Crippen molar-refractivity contribution >= 4 is 33.5 Å². The number of nitrogen functional groups attached to an aromatic ring is 1. The molecular formula is C25H21N5. The van der Waals surface area contributed by atoms with Gasteiger partial charge in [-0.3, -0.25) is 0 Å². The third kappa shape index (κ3) is 2.71. The van der Waals surface area contributed by atoms with Gasteiger partial charge in [-0.25, -0.2) is 9.97 Å². The van der Waals surface area contributed by atoms with Crippen LogP contribution < -0.4 is 11.5 Å². The fraction of sp³-hybridized carbons (Fsp3) is 0.0400. The number of anilines is 1. The van der Waals surface area contributed by atoms with Crippen molar-refractivity contribution in [3.63, 3.8) is 0 Å². The van der Waals surface area contributed by atoms with Crippen molar-refractivity contribution in [2.75, 3.05) is 5.73 Å². The maximum absolute atomic E-state index is 5.94. The van der Waals surface area contributed by atoms with Gasteiger partial charge in [0.1, 0.15) is 0 Å². The maximum Gasteiger partial charge on any atom is 0.219 e. The lowest BCUT2D eigenvalue weighted by molar-refractivity contribution is 1.17. The Balaban J connectivity index is 1.85. The van der Waals surface area contributed by atoms with Crippen molar-refractivity contribution in [2.24, 2.45) is 5.73 Å². The predicted octanol–water partition coefficient (Wildman–Crippen LogP) is 5.06. The minimum atomic E-state index is 0.269. The molecule has 146 valence electrons. The monoisotopic (exact) mass is 391 g/mol. The van der Waals surface area contributed by atoms with Crippen LogP contribution in [-0.4, -0.2) is 14.5 Å². The summed E-state index contributed by atoms with van der Waals surface area (Å²) >= 11 is 0. The normalized spacial score (nSPS) is 11.2. The van der Waals surface area contributed by atoms with E-state index < -0.39 is 0 Å². The van der Waals surface area contributed by atoms with Crippen LogP contribution in [0.3, 0.4) is 0 Å². The Bertz CT molecular complexity index is 1430. The molecule has 0 bridgehead atoms. The lowest BCUT2D eigenvalue weighted by Gasteiger charge is -2.12. The van der Waals surface area contributed by atoms with Gasteiger partial charge < -0.3 is 16.0 Å². The molecule has 2 heterocycles. The first-order valence-corrected chi connectivity index (χ1v) is 9.70. The highest BCUT2D eigenvalue weighted by Crippen LogP contribution is 2.38. The van der Waals surface area contributed by atoms with E-state index >= 15 is 0 Å². The summed E-state index contributed by atoms with van der Waals surface area (Å²) in [6, 6.07) is 21.0. The standard InChI is InChI=1S/C25H21N5/c1-15-12-18(10-11-19(15)16(2)26)30-22-8-4-3-6-21(22)24-20(7-5-9-23(24)30)17-13-28-25(27)29-14-17/h3-14H,2,26H2,1H3,(H2,27,28,29). The zero-order chi connectivity index (χ0) is 20.8. The summed E-state index contributed by atoms with van der Waals surface area (Å²) in [5, 5.41) is 2.33. The van der Waals surface area contributed by atoms with Crippen LogP contribution in [0.4, 0.5) is 5.95 Å². The summed E-state index contributed by atoms with van der Waals surface area (Å²) in [5.41, 5.74) is 19.6. The minimum absolute atomic E-state index is 0.269. The smallest absolute Gasteiger partial charge is 0.219 e. The summed E-state index contributed by atoms with van der Waals surface area (Å²) < 4.78 is 2.28. The lowest BCUT2D eigenvalue weighted by atomic mass is 10.0. The molecule has 0 aliphatic carbocycles. The number of rotatable bonds is 3. The molecule has 30 heavy (non-hydrogen) atoms. The van der Waals surface area contributed by atoms with E-state index in [4.69, 9.17) is 11.5 Å². The second kappa shape index (κ2) is 6.74. The van der Waals surface area contributed by atoms with Gasteiger partial charge >= 0.3 is 0 Å². The number of fused-ring (bicyclic) bond motifs is 3. The summed E-state index contributed by atoms with van der Waals surface area (Å²) in [7, 11) is 0. The Hall–Kier alpha value is -4.12. The number of hydrogen-bond donors (Lipinski definition) is 2. The van der Waals surface area contributed by atoms with Crippen LogP contribution in [0.2, 0.25) is 0 Å². The van der Waals surface area contributed by atoms with E-state index in [1.807, 2.05) is 6.07 Å². The van der Waals surface area contributed by atoms with Crippen molar-refractivity contribution < 1.29 is 0 Å². The van der Waals surface area contributed by atoms with Gasteiger partial charge in [0.2, 0.25) is 5.95 Å². The zero-order valence-corrected chi connectivity index (χ0v) is 16.6. The Kier molecular flexibility index (Phi) is 4.03. The molecule has 0 atom stereocenters. The molecule has 0 aliphatic heterocycles. The number of nitrogens with zero attached hydrogens (tertiary/aromatic N) is 3. The largest absolute Gasteiger partial charge is 0.399 e. The van der Waals surface area contributed by atoms with Crippen molar-refractivity contribution in [1.82, 2.24) is 14.5 Å². The van der Waals surface area contributed by atoms with Crippen LogP contribution in [0, 0.1) is 6.92 Å². The van der Waals surface area contributed by atoms with Crippen LogP contribution in [0.1, 0.15) is 11.1 Å². The molecule has 5 rings (SSSR count). The third-order valence-electron chi connectivity index (χ3n) is 5.49. The molecule has 0 saturated carbocycles. The summed E-state index contributed by atoms with van der Waals surface area (Å²) in [5.74, 6) is 0.269. The van der Waals surface area contributed by atoms with Crippen LogP contribution in [-0.2, 0) is 0 Å². The number of aryl methyl sites for hydroxylation is 1. The number of para-hydroxylation sites is 1. The first kappa shape index (κ1) is 17.9. The van der Waals surface area contributed by atoms with E-state index in [1.54, 1.807) is 12.4 Å². The highest BCUT2D eigenvalue weighted by atomic mass is 15.0. The first-order chi connectivity index (χ1) is 14.5. The Morgan fingerprint density at radius 3 is 2.40 bits per heavy atom. The average molecular weight is 391 g/mol. The SMILES string of the molecule is C=C(N)c1ccc(-n2c3ccccc3c3c(-c4cnc(N)nc4)cccc32)cc1C. The van der Waals surface area contributed by atoms with Crippen molar-refractivity contribution in [2.45, 2.75) is 6.92 Å². The second-order valence-electron chi connectivity index (χ2n) is 7.41. The van der Waals surface area contributed by atoms with E-state index in [-0.39, 0.29) is 5.95 Å². The molecule has 0 fully saturated rings. The van der Waals surface area contributed by atoms with Crippen molar-refractivity contribution in [3.05, 3.63) is 90.8 Å². The molecule has 0 amide bonds. The number of nitrogens with two attached hydrogens (primary N) is 2. The van der Waals surface area contributed by atoms with Gasteiger partial charge in [-0.1, -0.05) is 43.0 Å². The topological polar surface area (TPSA) is 82.8 Å². The fourth-order valence-corrected chi connectivity index (χ4v) is 4.16. The summed E-state index contributed by atoms with van der Waals surface area (Å²) in [6.45, 7) is 5.94. The van der Waals surface area contributed by atoms with Crippen LogP contribution in [0.15, 0.2) is 79.6 Å². The van der Waals surface area contributed by atoms with Crippen molar-refractivity contribution in [1.29, 1.82) is 0 Å². The summed E-state index contributed by atoms with van der Waals surface area (Å²) in [6.07, 6.45) is 3.55. The molecular weight excluding hydrogens is 370 g/mol. The molecule has 2 aromatic heterocycles. The highest BCUT2D eigenvalue weighted by molar-refractivity contribution is 6.15. The quantitative estimate of drug-likeness (QED) is 0.450. The van der Waals surface area contributed by atoms with E-state index in [1.165, 1.54) is 5.39 Å². The van der Waals surface area contributed by atoms with Gasteiger partial charge in [0.15, 0.2) is 0 Å². The zero-order valence-electron chi connectivity index (χ0n) is 16.6. The molecule has 0 saturated heterocycles. The third-order valence-corrected chi connectivity index (χ3v) is 5.49. The molecule has 5 nitrogen and oxygen atoms in total. The van der Waals surface area contributed by atoms with Crippen LogP contribution in [0.5, 0.6) is 0 Å². The van der Waals surface area contributed by atoms with Gasteiger partial charge in [0.05, 0.1) is 11.0 Å². The number of benzene rings is 3. The van der Waals surface area contributed by atoms with Crippen LogP contribution in [0.25, 0.3) is 44.3 Å². The molecule has 0 spiro atoms. The second-order valence-corrected chi connectivity index (χ2v) is 7.41. The molecule has 3 aromatic carbocycles. The lowest BCUT2D eigenvalue weighted by Crippen LogP contribution is -2.00. The van der Waals surface area contributed by atoms with Gasteiger partial charge in [0.25, 0.3) is 0 Å². The maximum atomic E-state index is 5.94. The molecule has 5 aromatic rings. The number of aromatic nitrogens is 3. The van der Waals surface area contributed by atoms with Gasteiger partial charge in [0, 0.05) is 40.1 Å². The van der Waals surface area contributed by atoms with E-state index in [0.717, 1.165) is 44.4 Å². The molecule has 5 heteroatoms. The van der Waals surface area contributed by atoms with E-state index in [0.29, 0.717) is 5.70 Å². The molecule has 0 aliphatic rings. The Morgan fingerprint density at radius 1 is 0.933 bits per heavy atom. The van der Waals surface area contributed by atoms with Gasteiger partial charge in [-0.05, 0) is 47.9 Å². The number of hydrogen-bond acceptors (Lipinski definition) is 4.